The quantitative estimate of drug-likeness (QED) is 0.407. The Morgan fingerprint density at radius 3 is 2.00 bits per heavy atom. The fraction of sp³-hybridized carbons (Fsp3) is 0.833. The van der Waals surface area contributed by atoms with Gasteiger partial charge >= 0.3 is 0 Å². The van der Waals surface area contributed by atoms with Crippen LogP contribution in [0.1, 0.15) is 53.4 Å². The first-order valence-corrected chi connectivity index (χ1v) is 5.19. The van der Waals surface area contributed by atoms with Crippen LogP contribution in [0.4, 0.5) is 0 Å². The minimum atomic E-state index is 0.720. The molecule has 0 saturated carbocycles. The van der Waals surface area contributed by atoms with Crippen LogP contribution in [-0.2, 0) is 0 Å². The Labute approximate surface area is 78.1 Å². The predicted molar refractivity (Wildman–Crippen MR) is 57.3 cm³/mol. The van der Waals surface area contributed by atoms with E-state index in [1.165, 1.54) is 31.3 Å². The Morgan fingerprint density at radius 1 is 1.08 bits per heavy atom. The van der Waals surface area contributed by atoms with Crippen molar-refractivity contribution < 1.29 is 0 Å². The Morgan fingerprint density at radius 2 is 1.58 bits per heavy atom. The minimum absolute atomic E-state index is 0.720. The Kier molecular flexibility index (Phi) is 6.14. The lowest BCUT2D eigenvalue weighted by molar-refractivity contribution is 0.493. The van der Waals surface area contributed by atoms with Gasteiger partial charge in [0.1, 0.15) is 0 Å². The third-order valence-electron chi connectivity index (χ3n) is 2.51. The second-order valence-electron chi connectivity index (χ2n) is 4.43. The van der Waals surface area contributed by atoms with Gasteiger partial charge in [0.15, 0.2) is 0 Å². The molecule has 0 fully saturated rings. The van der Waals surface area contributed by atoms with E-state index in [0.29, 0.717) is 0 Å². The fourth-order valence-electron chi connectivity index (χ4n) is 1.25. The lowest BCUT2D eigenvalue weighted by Gasteiger charge is -2.10. The Hall–Kier alpha value is -0.260. The van der Waals surface area contributed by atoms with Crippen LogP contribution < -0.4 is 0 Å². The highest BCUT2D eigenvalue weighted by Gasteiger charge is 2.01. The van der Waals surface area contributed by atoms with Gasteiger partial charge in [-0.05, 0) is 25.2 Å². The maximum atomic E-state index is 3.97. The van der Waals surface area contributed by atoms with Gasteiger partial charge in [0.05, 0.1) is 0 Å². The summed E-state index contributed by atoms with van der Waals surface area (Å²) in [6.45, 7) is 13.0. The molecule has 0 heteroatoms. The van der Waals surface area contributed by atoms with E-state index < -0.39 is 0 Å². The molecule has 0 aliphatic carbocycles. The molecule has 0 aliphatic heterocycles. The summed E-state index contributed by atoms with van der Waals surface area (Å²) in [4.78, 5) is 0. The van der Waals surface area contributed by atoms with Crippen LogP contribution in [-0.4, -0.2) is 0 Å². The summed E-state index contributed by atoms with van der Waals surface area (Å²) in [5, 5.41) is 0. The maximum Gasteiger partial charge on any atom is -0.0237 e. The van der Waals surface area contributed by atoms with Crippen LogP contribution >= 0.6 is 0 Å². The normalized spacial score (nSPS) is 13.4. The first-order chi connectivity index (χ1) is 5.54. The van der Waals surface area contributed by atoms with Crippen molar-refractivity contribution in [3.8, 4) is 0 Å². The van der Waals surface area contributed by atoms with Crippen molar-refractivity contribution in [2.45, 2.75) is 53.4 Å². The number of allylic oxidation sites excluding steroid dienone is 1. The average molecular weight is 168 g/mol. The molecule has 72 valence electrons. The van der Waals surface area contributed by atoms with E-state index in [0.717, 1.165) is 11.8 Å². The minimum Gasteiger partial charge on any atom is -0.0999 e. The lowest BCUT2D eigenvalue weighted by atomic mass is 9.96. The smallest absolute Gasteiger partial charge is 0.0237 e. The van der Waals surface area contributed by atoms with Crippen molar-refractivity contribution in [3.63, 3.8) is 0 Å². The summed E-state index contributed by atoms with van der Waals surface area (Å²) in [5.74, 6) is 1.59. The van der Waals surface area contributed by atoms with Crippen LogP contribution in [0, 0.1) is 11.8 Å². The topological polar surface area (TPSA) is 0 Å². The van der Waals surface area contributed by atoms with Gasteiger partial charge in [-0.2, -0.15) is 0 Å². The van der Waals surface area contributed by atoms with Gasteiger partial charge in [-0.15, -0.1) is 0 Å². The van der Waals surface area contributed by atoms with E-state index in [1.54, 1.807) is 0 Å². The average Bonchev–Trinajstić information content (AvgIpc) is 1.97. The maximum absolute atomic E-state index is 3.97. The second-order valence-corrected chi connectivity index (χ2v) is 4.43. The zero-order chi connectivity index (χ0) is 9.56. The summed E-state index contributed by atoms with van der Waals surface area (Å²) in [5.41, 5.74) is 1.33. The van der Waals surface area contributed by atoms with Gasteiger partial charge < -0.3 is 0 Å². The number of unbranched alkanes of at least 4 members (excludes halogenated alkanes) is 1. The van der Waals surface area contributed by atoms with E-state index in [4.69, 9.17) is 0 Å². The number of hydrogen-bond acceptors (Lipinski definition) is 0. The largest absolute Gasteiger partial charge is 0.0999 e. The third-order valence-corrected chi connectivity index (χ3v) is 2.51. The van der Waals surface area contributed by atoms with Crippen LogP contribution in [0.3, 0.4) is 0 Å². The van der Waals surface area contributed by atoms with Gasteiger partial charge in [-0.1, -0.05) is 52.2 Å². The molecular weight excluding hydrogens is 144 g/mol. The van der Waals surface area contributed by atoms with Gasteiger partial charge in [-0.3, -0.25) is 0 Å². The van der Waals surface area contributed by atoms with Gasteiger partial charge in [0.25, 0.3) is 0 Å². The van der Waals surface area contributed by atoms with Gasteiger partial charge in [0.2, 0.25) is 0 Å². The van der Waals surface area contributed by atoms with E-state index >= 15 is 0 Å². The molecule has 0 bridgehead atoms. The zero-order valence-electron chi connectivity index (χ0n) is 9.19. The fourth-order valence-corrected chi connectivity index (χ4v) is 1.25. The number of hydrogen-bond donors (Lipinski definition) is 0. The van der Waals surface area contributed by atoms with Crippen molar-refractivity contribution in [1.82, 2.24) is 0 Å². The first-order valence-electron chi connectivity index (χ1n) is 5.19. The highest BCUT2D eigenvalue weighted by molar-refractivity contribution is 4.93. The zero-order valence-corrected chi connectivity index (χ0v) is 9.19. The van der Waals surface area contributed by atoms with Crippen molar-refractivity contribution in [3.05, 3.63) is 12.2 Å². The molecule has 1 atom stereocenters. The van der Waals surface area contributed by atoms with Crippen molar-refractivity contribution in [1.29, 1.82) is 0 Å². The molecule has 0 aromatic carbocycles. The summed E-state index contributed by atoms with van der Waals surface area (Å²) in [6.07, 6.45) is 5.45. The third kappa shape index (κ3) is 6.45. The SMILES string of the molecule is C=C(C)C(C)CCCCC(C)C. The first kappa shape index (κ1) is 11.7. The highest BCUT2D eigenvalue weighted by Crippen LogP contribution is 2.17. The van der Waals surface area contributed by atoms with Crippen molar-refractivity contribution in [2.75, 3.05) is 0 Å². The van der Waals surface area contributed by atoms with Crippen LogP contribution in [0.2, 0.25) is 0 Å². The molecule has 0 spiro atoms. The van der Waals surface area contributed by atoms with E-state index in [1.807, 2.05) is 0 Å². The van der Waals surface area contributed by atoms with Crippen LogP contribution in [0.15, 0.2) is 12.2 Å². The van der Waals surface area contributed by atoms with Crippen molar-refractivity contribution >= 4 is 0 Å². The Balaban J connectivity index is 3.25. The Bertz CT molecular complexity index is 122. The molecule has 0 nitrogen and oxygen atoms in total. The molecule has 0 heterocycles. The molecule has 0 amide bonds. The monoisotopic (exact) mass is 168 g/mol. The molecule has 0 aromatic heterocycles. The lowest BCUT2D eigenvalue weighted by Crippen LogP contribution is -1.95. The van der Waals surface area contributed by atoms with Crippen LogP contribution in [0.5, 0.6) is 0 Å². The summed E-state index contributed by atoms with van der Waals surface area (Å²) in [6, 6.07) is 0. The summed E-state index contributed by atoms with van der Waals surface area (Å²) in [7, 11) is 0. The molecule has 0 N–H and O–H groups in total. The molecule has 0 radical (unpaired) electrons. The molecular formula is C12H24. The van der Waals surface area contributed by atoms with Crippen LogP contribution in [0.25, 0.3) is 0 Å². The van der Waals surface area contributed by atoms with Gasteiger partial charge in [0, 0.05) is 0 Å². The molecule has 0 aliphatic rings. The van der Waals surface area contributed by atoms with E-state index in [-0.39, 0.29) is 0 Å². The summed E-state index contributed by atoms with van der Waals surface area (Å²) < 4.78 is 0. The van der Waals surface area contributed by atoms with E-state index in [2.05, 4.69) is 34.3 Å². The number of rotatable bonds is 6. The molecule has 0 rings (SSSR count). The van der Waals surface area contributed by atoms with Crippen molar-refractivity contribution in [2.24, 2.45) is 11.8 Å². The molecule has 12 heavy (non-hydrogen) atoms. The van der Waals surface area contributed by atoms with Gasteiger partial charge in [-0.25, -0.2) is 0 Å². The highest BCUT2D eigenvalue weighted by atomic mass is 14.1. The molecule has 0 aromatic rings. The van der Waals surface area contributed by atoms with E-state index in [9.17, 15) is 0 Å². The summed E-state index contributed by atoms with van der Waals surface area (Å²) >= 11 is 0. The molecule has 0 saturated heterocycles. The second kappa shape index (κ2) is 6.28. The standard InChI is InChI=1S/C12H24/c1-10(2)8-6-7-9-12(5)11(3)4/h10,12H,3,6-9H2,1-2,4-5H3. The molecule has 1 unspecified atom stereocenters. The predicted octanol–water partition coefficient (Wildman–Crippen LogP) is 4.42.